The van der Waals surface area contributed by atoms with Gasteiger partial charge >= 0.3 is 6.09 Å². The van der Waals surface area contributed by atoms with Gasteiger partial charge in [-0.3, -0.25) is 14.6 Å². The molecule has 36 heavy (non-hydrogen) atoms. The van der Waals surface area contributed by atoms with Crippen molar-refractivity contribution in [3.8, 4) is 28.3 Å². The number of rotatable bonds is 5. The highest BCUT2D eigenvalue weighted by Crippen LogP contribution is 2.26. The lowest BCUT2D eigenvalue weighted by Crippen LogP contribution is -2.14. The molecule has 0 amide bonds. The monoisotopic (exact) mass is 473 g/mol. The molecule has 0 unspecified atom stereocenters. The zero-order valence-corrected chi connectivity index (χ0v) is 18.9. The van der Waals surface area contributed by atoms with E-state index in [0.717, 1.165) is 33.2 Å². The van der Waals surface area contributed by atoms with E-state index in [1.54, 1.807) is 49.3 Å². The summed E-state index contributed by atoms with van der Waals surface area (Å²) in [4.78, 5) is 25.6. The number of nitrogens with one attached hydrogen (secondary N) is 2. The lowest BCUT2D eigenvalue weighted by molar-refractivity contribution is 0.202. The number of aromatic amines is 1. The van der Waals surface area contributed by atoms with E-state index in [-0.39, 0.29) is 0 Å². The number of pyridine rings is 1. The van der Waals surface area contributed by atoms with Crippen LogP contribution >= 0.6 is 0 Å². The van der Waals surface area contributed by atoms with Crippen LogP contribution in [0.3, 0.4) is 0 Å². The Balaban J connectivity index is 1.21. The maximum atomic E-state index is 12.5. The summed E-state index contributed by atoms with van der Waals surface area (Å²) in [5.41, 5.74) is 3.84. The van der Waals surface area contributed by atoms with Gasteiger partial charge in [0.2, 0.25) is 0 Å². The topological polar surface area (TPSA) is 111 Å². The molecule has 0 saturated heterocycles. The second-order valence-corrected chi connectivity index (χ2v) is 8.01. The summed E-state index contributed by atoms with van der Waals surface area (Å²) in [7, 11) is 0. The highest BCUT2D eigenvalue weighted by atomic mass is 16.6. The molecule has 6 aromatic rings. The number of carbonyl (C=O) groups is 1. The zero-order chi connectivity index (χ0) is 24.3. The van der Waals surface area contributed by atoms with E-state index in [1.807, 2.05) is 54.7 Å². The minimum absolute atomic E-state index is 0.433. The molecule has 9 nitrogen and oxygen atoms in total. The van der Waals surface area contributed by atoms with E-state index < -0.39 is 6.09 Å². The minimum Gasteiger partial charge on any atom is -0.410 e. The van der Waals surface area contributed by atoms with Crippen molar-refractivity contribution >= 4 is 28.4 Å². The highest BCUT2D eigenvalue weighted by molar-refractivity contribution is 5.90. The SMILES string of the molecule is O=C(Oc1ccncc1)n1cc2ccc(-c3nccc(Nc4ccc(-c5cn[nH]c5)cc4)n3)cc2c1. The van der Waals surface area contributed by atoms with Crippen LogP contribution in [-0.4, -0.2) is 35.8 Å². The number of carbonyl (C=O) groups excluding carboxylic acids is 1. The fourth-order valence-corrected chi connectivity index (χ4v) is 3.82. The van der Waals surface area contributed by atoms with Gasteiger partial charge in [-0.2, -0.15) is 5.10 Å². The van der Waals surface area contributed by atoms with Crippen LogP contribution in [-0.2, 0) is 0 Å². The molecule has 0 saturated carbocycles. The van der Waals surface area contributed by atoms with Crippen molar-refractivity contribution in [1.82, 2.24) is 29.7 Å². The number of aromatic nitrogens is 6. The molecule has 0 aliphatic rings. The normalized spacial score (nSPS) is 10.9. The van der Waals surface area contributed by atoms with Gasteiger partial charge in [0.1, 0.15) is 11.6 Å². The molecule has 0 spiro atoms. The van der Waals surface area contributed by atoms with Crippen LogP contribution in [0.15, 0.2) is 104 Å². The van der Waals surface area contributed by atoms with Crippen LogP contribution in [0.25, 0.3) is 33.3 Å². The Labute approximate surface area is 205 Å². The van der Waals surface area contributed by atoms with E-state index in [4.69, 9.17) is 4.74 Å². The van der Waals surface area contributed by atoms with Crippen molar-refractivity contribution in [2.24, 2.45) is 0 Å². The van der Waals surface area contributed by atoms with Gasteiger partial charge in [-0.05, 0) is 42.0 Å². The average molecular weight is 473 g/mol. The largest absolute Gasteiger partial charge is 0.423 e. The van der Waals surface area contributed by atoms with E-state index >= 15 is 0 Å². The van der Waals surface area contributed by atoms with E-state index in [2.05, 4.69) is 30.5 Å². The van der Waals surface area contributed by atoms with Crippen molar-refractivity contribution in [3.63, 3.8) is 0 Å². The number of hydrogen-bond donors (Lipinski definition) is 2. The molecule has 2 aromatic carbocycles. The van der Waals surface area contributed by atoms with Crippen molar-refractivity contribution in [2.75, 3.05) is 5.32 Å². The lowest BCUT2D eigenvalue weighted by Gasteiger charge is -2.08. The predicted octanol–water partition coefficient (Wildman–Crippen LogP) is 5.67. The van der Waals surface area contributed by atoms with Gasteiger partial charge in [0.15, 0.2) is 5.82 Å². The molecule has 174 valence electrons. The Bertz CT molecular complexity index is 1640. The quantitative estimate of drug-likeness (QED) is 0.332. The van der Waals surface area contributed by atoms with Gasteiger partial charge in [0, 0.05) is 64.8 Å². The fourth-order valence-electron chi connectivity index (χ4n) is 3.82. The summed E-state index contributed by atoms with van der Waals surface area (Å²) in [5.74, 6) is 1.68. The Hall–Kier alpha value is -5.31. The Morgan fingerprint density at radius 1 is 0.861 bits per heavy atom. The molecule has 0 aliphatic heterocycles. The third-order valence-electron chi connectivity index (χ3n) is 5.61. The van der Waals surface area contributed by atoms with Crippen molar-refractivity contribution in [2.45, 2.75) is 0 Å². The van der Waals surface area contributed by atoms with Crippen LogP contribution in [0.2, 0.25) is 0 Å². The maximum absolute atomic E-state index is 12.5. The number of nitrogens with zero attached hydrogens (tertiary/aromatic N) is 5. The molecule has 2 N–H and O–H groups in total. The molecule has 4 heterocycles. The van der Waals surface area contributed by atoms with Crippen molar-refractivity contribution < 1.29 is 9.53 Å². The second kappa shape index (κ2) is 9.15. The van der Waals surface area contributed by atoms with Gasteiger partial charge < -0.3 is 10.1 Å². The van der Waals surface area contributed by atoms with Gasteiger partial charge in [0.25, 0.3) is 0 Å². The molecule has 0 aliphatic carbocycles. The number of hydrogen-bond acceptors (Lipinski definition) is 7. The smallest absolute Gasteiger partial charge is 0.410 e. The first-order chi connectivity index (χ1) is 17.7. The highest BCUT2D eigenvalue weighted by Gasteiger charge is 2.11. The summed E-state index contributed by atoms with van der Waals surface area (Å²) < 4.78 is 6.81. The third kappa shape index (κ3) is 4.40. The number of anilines is 2. The molecular formula is C27H19N7O2. The Morgan fingerprint density at radius 3 is 2.47 bits per heavy atom. The first kappa shape index (κ1) is 21.2. The first-order valence-electron chi connectivity index (χ1n) is 11.1. The summed E-state index contributed by atoms with van der Waals surface area (Å²) >= 11 is 0. The van der Waals surface area contributed by atoms with Crippen LogP contribution in [0, 0.1) is 0 Å². The Kier molecular flexibility index (Phi) is 5.40. The van der Waals surface area contributed by atoms with Gasteiger partial charge in [-0.25, -0.2) is 14.8 Å². The van der Waals surface area contributed by atoms with E-state index in [0.29, 0.717) is 17.4 Å². The van der Waals surface area contributed by atoms with Crippen molar-refractivity contribution in [3.05, 3.63) is 104 Å². The maximum Gasteiger partial charge on any atom is 0.423 e. The standard InChI is InChI=1S/C27H19N7O2/c35-27(36-24-7-10-28-11-8-24)34-16-20-2-1-19(13-21(20)17-34)26-29-12-9-25(33-26)32-23-5-3-18(4-6-23)22-14-30-31-15-22/h1-17H,(H,30,31)(H,29,32,33). The molecule has 0 fully saturated rings. The van der Waals surface area contributed by atoms with Crippen LogP contribution < -0.4 is 10.1 Å². The number of ether oxygens (including phenoxy) is 1. The molecular weight excluding hydrogens is 454 g/mol. The summed E-state index contributed by atoms with van der Waals surface area (Å²) in [6, 6.07) is 18.9. The van der Waals surface area contributed by atoms with Crippen LogP contribution in [0.5, 0.6) is 5.75 Å². The Morgan fingerprint density at radius 2 is 1.67 bits per heavy atom. The average Bonchev–Trinajstić information content (AvgIpc) is 3.60. The van der Waals surface area contributed by atoms with Gasteiger partial charge in [-0.15, -0.1) is 0 Å². The number of H-pyrrole nitrogens is 1. The van der Waals surface area contributed by atoms with Crippen molar-refractivity contribution in [1.29, 1.82) is 0 Å². The predicted molar refractivity (Wildman–Crippen MR) is 136 cm³/mol. The van der Waals surface area contributed by atoms with E-state index in [1.165, 1.54) is 4.57 Å². The molecule has 0 radical (unpaired) electrons. The molecule has 0 bridgehead atoms. The summed E-state index contributed by atoms with van der Waals surface area (Å²) in [6.07, 6.45) is 11.5. The van der Waals surface area contributed by atoms with Gasteiger partial charge in [-0.1, -0.05) is 24.3 Å². The summed E-state index contributed by atoms with van der Waals surface area (Å²) in [6.45, 7) is 0. The van der Waals surface area contributed by atoms with Gasteiger partial charge in [0.05, 0.1) is 6.20 Å². The zero-order valence-electron chi connectivity index (χ0n) is 18.9. The number of benzene rings is 2. The second-order valence-electron chi connectivity index (χ2n) is 8.01. The molecule has 9 heteroatoms. The molecule has 0 atom stereocenters. The third-order valence-corrected chi connectivity index (χ3v) is 5.61. The molecule has 4 aromatic heterocycles. The first-order valence-corrected chi connectivity index (χ1v) is 11.1. The van der Waals surface area contributed by atoms with E-state index in [9.17, 15) is 4.79 Å². The number of fused-ring (bicyclic) bond motifs is 1. The van der Waals surface area contributed by atoms with Crippen LogP contribution in [0.4, 0.5) is 16.3 Å². The summed E-state index contributed by atoms with van der Waals surface area (Å²) in [5, 5.41) is 11.9. The fraction of sp³-hybridized carbons (Fsp3) is 0. The lowest BCUT2D eigenvalue weighted by atomic mass is 10.1. The molecule has 6 rings (SSSR count). The minimum atomic E-state index is -0.500. The van der Waals surface area contributed by atoms with Crippen LogP contribution in [0.1, 0.15) is 0 Å².